The Morgan fingerprint density at radius 2 is 1.90 bits per heavy atom. The van der Waals surface area contributed by atoms with Crippen molar-refractivity contribution in [3.63, 3.8) is 0 Å². The number of likely N-dealkylation sites (N-methyl/N-ethyl adjacent to an activating group) is 1. The third-order valence-corrected chi connectivity index (χ3v) is 4.49. The molecule has 1 saturated heterocycles. The molecule has 0 aliphatic carbocycles. The number of hydrogen-bond acceptors (Lipinski definition) is 2. The molecule has 2 rings (SSSR count). The molecule has 1 aromatic carbocycles. The summed E-state index contributed by atoms with van der Waals surface area (Å²) in [4.78, 5) is 3.99. The lowest BCUT2D eigenvalue weighted by Gasteiger charge is -2.46. The lowest BCUT2D eigenvalue weighted by molar-refractivity contribution is -0.137. The number of rotatable bonds is 2. The quantitative estimate of drug-likeness (QED) is 0.761. The van der Waals surface area contributed by atoms with Crippen LogP contribution in [0.15, 0.2) is 18.2 Å². The molecule has 0 aromatic heterocycles. The minimum absolute atomic E-state index is 0.0809. The molecule has 1 fully saturated rings. The Labute approximate surface area is 128 Å². The van der Waals surface area contributed by atoms with E-state index in [1.165, 1.54) is 0 Å². The van der Waals surface area contributed by atoms with E-state index in [4.69, 9.17) is 11.6 Å². The van der Waals surface area contributed by atoms with Crippen LogP contribution in [0.4, 0.5) is 18.9 Å². The highest BCUT2D eigenvalue weighted by atomic mass is 35.5. The van der Waals surface area contributed by atoms with Gasteiger partial charge in [0.15, 0.2) is 0 Å². The molecule has 2 nitrogen and oxygen atoms in total. The van der Waals surface area contributed by atoms with Gasteiger partial charge < -0.3 is 4.90 Å². The molecule has 6 heteroatoms. The first-order valence-corrected chi connectivity index (χ1v) is 7.41. The van der Waals surface area contributed by atoms with E-state index >= 15 is 0 Å². The molecule has 0 spiro atoms. The van der Waals surface area contributed by atoms with Crippen molar-refractivity contribution >= 4 is 17.3 Å². The summed E-state index contributed by atoms with van der Waals surface area (Å²) < 4.78 is 39.9. The topological polar surface area (TPSA) is 6.48 Å². The first-order valence-electron chi connectivity index (χ1n) is 6.87. The molecule has 1 aliphatic rings. The third kappa shape index (κ3) is 3.46. The van der Waals surface area contributed by atoms with Crippen LogP contribution in [0.2, 0.25) is 0 Å². The van der Waals surface area contributed by atoms with E-state index in [2.05, 4.69) is 4.90 Å². The Morgan fingerprint density at radius 1 is 1.24 bits per heavy atom. The average molecular weight is 321 g/mol. The molecule has 0 N–H and O–H groups in total. The average Bonchev–Trinajstić information content (AvgIpc) is 2.40. The number of halogens is 4. The number of hydrogen-bond donors (Lipinski definition) is 0. The van der Waals surface area contributed by atoms with Gasteiger partial charge in [-0.15, -0.1) is 11.6 Å². The van der Waals surface area contributed by atoms with Crippen LogP contribution in [0.3, 0.4) is 0 Å². The van der Waals surface area contributed by atoms with Crippen LogP contribution in [-0.4, -0.2) is 37.1 Å². The largest absolute Gasteiger partial charge is 0.418 e. The van der Waals surface area contributed by atoms with Crippen molar-refractivity contribution < 1.29 is 13.2 Å². The van der Waals surface area contributed by atoms with Gasteiger partial charge in [-0.1, -0.05) is 6.07 Å². The van der Waals surface area contributed by atoms with Crippen molar-refractivity contribution in [2.75, 3.05) is 31.6 Å². The van der Waals surface area contributed by atoms with Crippen LogP contribution >= 0.6 is 11.6 Å². The van der Waals surface area contributed by atoms with E-state index in [1.54, 1.807) is 12.1 Å². The SMILES string of the molecule is CN1CCN(c2ccc(CCl)cc2C(F)(F)F)CC1(C)C. The fourth-order valence-electron chi connectivity index (χ4n) is 2.61. The number of nitrogens with zero attached hydrogens (tertiary/aromatic N) is 2. The Balaban J connectivity index is 2.40. The summed E-state index contributed by atoms with van der Waals surface area (Å²) in [6.45, 7) is 5.97. The van der Waals surface area contributed by atoms with Crippen molar-refractivity contribution in [3.8, 4) is 0 Å². The molecule has 0 saturated carbocycles. The van der Waals surface area contributed by atoms with Gasteiger partial charge in [0.25, 0.3) is 0 Å². The molecule has 0 bridgehead atoms. The van der Waals surface area contributed by atoms with Gasteiger partial charge in [-0.25, -0.2) is 0 Å². The maximum Gasteiger partial charge on any atom is 0.418 e. The zero-order chi connectivity index (χ0) is 15.8. The molecule has 1 aliphatic heterocycles. The Hall–Kier alpha value is -0.940. The van der Waals surface area contributed by atoms with Gasteiger partial charge >= 0.3 is 6.18 Å². The standard InChI is InChI=1S/C15H20ClF3N2/c1-14(2)10-21(7-6-20(14)3)13-5-4-11(9-16)8-12(13)15(17,18)19/h4-5,8H,6-7,9-10H2,1-3H3. The third-order valence-electron chi connectivity index (χ3n) is 4.18. The van der Waals surface area contributed by atoms with Crippen LogP contribution in [0.1, 0.15) is 25.0 Å². The smallest absolute Gasteiger partial charge is 0.368 e. The summed E-state index contributed by atoms with van der Waals surface area (Å²) >= 11 is 5.66. The Kier molecular flexibility index (Phi) is 4.45. The van der Waals surface area contributed by atoms with Gasteiger partial charge in [0, 0.05) is 36.7 Å². The second-order valence-corrected chi connectivity index (χ2v) is 6.41. The molecule has 118 valence electrons. The zero-order valence-corrected chi connectivity index (χ0v) is 13.2. The molecule has 0 atom stereocenters. The summed E-state index contributed by atoms with van der Waals surface area (Å²) in [6.07, 6.45) is -4.37. The van der Waals surface area contributed by atoms with E-state index in [0.29, 0.717) is 18.7 Å². The number of alkyl halides is 4. The van der Waals surface area contributed by atoms with Crippen molar-refractivity contribution in [2.24, 2.45) is 0 Å². The predicted octanol–water partition coefficient (Wildman–Crippen LogP) is 3.97. The highest BCUT2D eigenvalue weighted by molar-refractivity contribution is 6.17. The molecule has 21 heavy (non-hydrogen) atoms. The van der Waals surface area contributed by atoms with Crippen LogP contribution in [0, 0.1) is 0 Å². The van der Waals surface area contributed by atoms with E-state index in [9.17, 15) is 13.2 Å². The normalized spacial score (nSPS) is 19.9. The van der Waals surface area contributed by atoms with Crippen molar-refractivity contribution in [3.05, 3.63) is 29.3 Å². The van der Waals surface area contributed by atoms with Crippen LogP contribution < -0.4 is 4.90 Å². The number of piperazine rings is 1. The summed E-state index contributed by atoms with van der Waals surface area (Å²) in [5.41, 5.74) is -0.0219. The second kappa shape index (κ2) is 5.69. The van der Waals surface area contributed by atoms with Crippen molar-refractivity contribution in [2.45, 2.75) is 31.4 Å². The lowest BCUT2D eigenvalue weighted by atomic mass is 9.98. The number of anilines is 1. The van der Waals surface area contributed by atoms with Gasteiger partial charge in [0.2, 0.25) is 0 Å². The minimum atomic E-state index is -4.37. The highest BCUT2D eigenvalue weighted by Crippen LogP contribution is 2.38. The van der Waals surface area contributed by atoms with Crippen molar-refractivity contribution in [1.82, 2.24) is 4.90 Å². The van der Waals surface area contributed by atoms with Gasteiger partial charge in [-0.2, -0.15) is 13.2 Å². The Bertz CT molecular complexity index is 514. The molecule has 0 radical (unpaired) electrons. The highest BCUT2D eigenvalue weighted by Gasteiger charge is 2.38. The van der Waals surface area contributed by atoms with E-state index in [-0.39, 0.29) is 17.1 Å². The molecule has 0 unspecified atom stereocenters. The van der Waals surface area contributed by atoms with E-state index < -0.39 is 11.7 Å². The minimum Gasteiger partial charge on any atom is -0.368 e. The van der Waals surface area contributed by atoms with E-state index in [1.807, 2.05) is 25.8 Å². The summed E-state index contributed by atoms with van der Waals surface area (Å²) in [6, 6.07) is 4.37. The molecule has 1 aromatic rings. The molecule has 1 heterocycles. The van der Waals surface area contributed by atoms with Gasteiger partial charge in [0.05, 0.1) is 5.56 Å². The maximum atomic E-state index is 13.3. The predicted molar refractivity (Wildman–Crippen MR) is 79.9 cm³/mol. The van der Waals surface area contributed by atoms with Crippen molar-refractivity contribution in [1.29, 1.82) is 0 Å². The second-order valence-electron chi connectivity index (χ2n) is 6.14. The van der Waals surface area contributed by atoms with E-state index in [0.717, 1.165) is 12.6 Å². The summed E-state index contributed by atoms with van der Waals surface area (Å²) in [5.74, 6) is 0.0809. The lowest BCUT2D eigenvalue weighted by Crippen LogP contribution is -2.58. The zero-order valence-electron chi connectivity index (χ0n) is 12.5. The van der Waals surface area contributed by atoms with Crippen LogP contribution in [0.25, 0.3) is 0 Å². The Morgan fingerprint density at radius 3 is 2.43 bits per heavy atom. The monoisotopic (exact) mass is 320 g/mol. The first-order chi connectivity index (χ1) is 9.65. The van der Waals surface area contributed by atoms with Gasteiger partial charge in [0.1, 0.15) is 0 Å². The summed E-state index contributed by atoms with van der Waals surface area (Å²) in [5, 5.41) is 0. The maximum absolute atomic E-state index is 13.3. The first kappa shape index (κ1) is 16.4. The molecule has 0 amide bonds. The van der Waals surface area contributed by atoms with Crippen LogP contribution in [0.5, 0.6) is 0 Å². The van der Waals surface area contributed by atoms with Gasteiger partial charge in [-0.3, -0.25) is 4.90 Å². The summed E-state index contributed by atoms with van der Waals surface area (Å²) in [7, 11) is 2.00. The van der Waals surface area contributed by atoms with Crippen LogP contribution in [-0.2, 0) is 12.1 Å². The van der Waals surface area contributed by atoms with Gasteiger partial charge in [-0.05, 0) is 38.6 Å². The number of benzene rings is 1. The fourth-order valence-corrected chi connectivity index (χ4v) is 2.78. The molecular weight excluding hydrogens is 301 g/mol. The molecular formula is C15H20ClF3N2. The fraction of sp³-hybridized carbons (Fsp3) is 0.600.